The molecule has 2 rings (SSSR count). The van der Waals surface area contributed by atoms with Crippen LogP contribution in [-0.4, -0.2) is 20.0 Å². The van der Waals surface area contributed by atoms with Crippen molar-refractivity contribution in [1.29, 1.82) is 0 Å². The normalized spacial score (nSPS) is 22.3. The van der Waals surface area contributed by atoms with E-state index >= 15 is 0 Å². The Morgan fingerprint density at radius 3 is 2.37 bits per heavy atom. The number of hydrogen-bond donors (Lipinski definition) is 0. The third-order valence-corrected chi connectivity index (χ3v) is 3.94. The summed E-state index contributed by atoms with van der Waals surface area (Å²) in [4.78, 5) is 12.4. The monoisotopic (exact) mass is 266 g/mol. The molecule has 0 heterocycles. The molecule has 0 N–H and O–H groups in total. The zero-order chi connectivity index (χ0) is 14.0. The molecule has 0 aliphatic heterocycles. The van der Waals surface area contributed by atoms with Gasteiger partial charge >= 0.3 is 0 Å². The van der Waals surface area contributed by atoms with Crippen molar-refractivity contribution in [3.63, 3.8) is 0 Å². The number of hydrogen-bond acceptors (Lipinski definition) is 3. The molecule has 0 saturated heterocycles. The number of carbonyl (C=O) groups is 1. The van der Waals surface area contributed by atoms with Crippen LogP contribution in [0.3, 0.4) is 0 Å². The summed E-state index contributed by atoms with van der Waals surface area (Å²) in [5.41, 5.74) is 0.108. The molecule has 1 aliphatic rings. The molecule has 1 aliphatic carbocycles. The summed E-state index contributed by atoms with van der Waals surface area (Å²) in [7, 11) is 2.92. The van der Waals surface area contributed by atoms with Crippen molar-refractivity contribution in [2.45, 2.75) is 26.2 Å². The van der Waals surface area contributed by atoms with Gasteiger partial charge in [0.1, 0.15) is 5.82 Å². The van der Waals surface area contributed by atoms with Crippen molar-refractivity contribution >= 4 is 5.78 Å². The van der Waals surface area contributed by atoms with Crippen molar-refractivity contribution in [2.24, 2.45) is 11.8 Å². The van der Waals surface area contributed by atoms with Crippen LogP contribution in [0, 0.1) is 17.7 Å². The van der Waals surface area contributed by atoms with Gasteiger partial charge in [-0.15, -0.1) is 0 Å². The van der Waals surface area contributed by atoms with E-state index in [9.17, 15) is 9.18 Å². The smallest absolute Gasteiger partial charge is 0.169 e. The minimum atomic E-state index is -0.540. The molecule has 1 aromatic rings. The van der Waals surface area contributed by atoms with Gasteiger partial charge in [0.25, 0.3) is 0 Å². The molecule has 3 nitrogen and oxygen atoms in total. The molecule has 2 atom stereocenters. The first-order chi connectivity index (χ1) is 9.08. The summed E-state index contributed by atoms with van der Waals surface area (Å²) < 4.78 is 24.2. The van der Waals surface area contributed by atoms with Gasteiger partial charge in [0, 0.05) is 12.0 Å². The number of methoxy groups -OCH3 is 2. The van der Waals surface area contributed by atoms with E-state index in [1.165, 1.54) is 26.4 Å². The molecule has 0 radical (unpaired) electrons. The maximum atomic E-state index is 14.0. The van der Waals surface area contributed by atoms with Crippen LogP contribution in [-0.2, 0) is 0 Å². The second kappa shape index (κ2) is 5.59. The second-order valence-electron chi connectivity index (χ2n) is 5.07. The van der Waals surface area contributed by atoms with Crippen molar-refractivity contribution in [1.82, 2.24) is 0 Å². The van der Waals surface area contributed by atoms with E-state index in [1.807, 2.05) is 6.92 Å². The Labute approximate surface area is 112 Å². The first-order valence-corrected chi connectivity index (χ1v) is 6.54. The van der Waals surface area contributed by atoms with Crippen molar-refractivity contribution in [3.05, 3.63) is 23.5 Å². The summed E-state index contributed by atoms with van der Waals surface area (Å²) in [5, 5.41) is 0. The zero-order valence-corrected chi connectivity index (χ0v) is 11.5. The molecule has 2 unspecified atom stereocenters. The predicted molar refractivity (Wildman–Crippen MR) is 70.3 cm³/mol. The molecule has 1 fully saturated rings. The Hall–Kier alpha value is -1.58. The molecule has 4 heteroatoms. The van der Waals surface area contributed by atoms with Gasteiger partial charge in [-0.2, -0.15) is 0 Å². The molecule has 0 bridgehead atoms. The molecule has 0 amide bonds. The second-order valence-corrected chi connectivity index (χ2v) is 5.07. The van der Waals surface area contributed by atoms with Crippen LogP contribution in [0.4, 0.5) is 4.39 Å². The van der Waals surface area contributed by atoms with Crippen LogP contribution in [0.2, 0.25) is 0 Å². The number of rotatable bonds is 4. The summed E-state index contributed by atoms with van der Waals surface area (Å²) in [6.45, 7) is 2.05. The van der Waals surface area contributed by atoms with Crippen LogP contribution < -0.4 is 9.47 Å². The van der Waals surface area contributed by atoms with E-state index < -0.39 is 5.82 Å². The fourth-order valence-corrected chi connectivity index (χ4v) is 2.78. The molecule has 104 valence electrons. The first kappa shape index (κ1) is 13.8. The fourth-order valence-electron chi connectivity index (χ4n) is 2.78. The molecule has 19 heavy (non-hydrogen) atoms. The van der Waals surface area contributed by atoms with Crippen molar-refractivity contribution in [2.75, 3.05) is 14.2 Å². The molecule has 1 aromatic carbocycles. The van der Waals surface area contributed by atoms with E-state index in [1.54, 1.807) is 0 Å². The van der Waals surface area contributed by atoms with E-state index in [0.29, 0.717) is 17.4 Å². The number of ether oxygens (including phenoxy) is 2. The van der Waals surface area contributed by atoms with E-state index in [4.69, 9.17) is 9.47 Å². The van der Waals surface area contributed by atoms with E-state index in [0.717, 1.165) is 19.3 Å². The lowest BCUT2D eigenvalue weighted by atomic mass is 9.89. The average molecular weight is 266 g/mol. The largest absolute Gasteiger partial charge is 0.493 e. The van der Waals surface area contributed by atoms with Gasteiger partial charge in [-0.3, -0.25) is 4.79 Å². The topological polar surface area (TPSA) is 35.5 Å². The quantitative estimate of drug-likeness (QED) is 0.783. The summed E-state index contributed by atoms with van der Waals surface area (Å²) in [6.07, 6.45) is 2.91. The number of ketones is 1. The Morgan fingerprint density at radius 1 is 1.21 bits per heavy atom. The third kappa shape index (κ3) is 2.57. The van der Waals surface area contributed by atoms with Gasteiger partial charge in [0.2, 0.25) is 0 Å². The molecular formula is C15H19FO3. The Morgan fingerprint density at radius 2 is 1.84 bits per heavy atom. The Kier molecular flexibility index (Phi) is 4.08. The minimum absolute atomic E-state index is 0.0763. The highest BCUT2D eigenvalue weighted by Gasteiger charge is 2.32. The summed E-state index contributed by atoms with van der Waals surface area (Å²) in [6, 6.07) is 2.66. The summed E-state index contributed by atoms with van der Waals surface area (Å²) >= 11 is 0. The lowest BCUT2D eigenvalue weighted by Crippen LogP contribution is -2.18. The van der Waals surface area contributed by atoms with Gasteiger partial charge in [0.05, 0.1) is 19.8 Å². The first-order valence-electron chi connectivity index (χ1n) is 6.54. The minimum Gasteiger partial charge on any atom is -0.493 e. The van der Waals surface area contributed by atoms with Crippen LogP contribution in [0.5, 0.6) is 11.5 Å². The van der Waals surface area contributed by atoms with Gasteiger partial charge < -0.3 is 9.47 Å². The number of carbonyl (C=O) groups excluding carboxylic acids is 1. The maximum absolute atomic E-state index is 14.0. The lowest BCUT2D eigenvalue weighted by molar-refractivity contribution is 0.0892. The standard InChI is InChI=1S/C15H19FO3/c1-9-5-4-6-10(9)15(17)11-7-13(18-2)14(19-3)8-12(11)16/h7-10H,4-6H2,1-3H3. The molecule has 0 aromatic heterocycles. The van der Waals surface area contributed by atoms with Crippen LogP contribution in [0.15, 0.2) is 12.1 Å². The van der Waals surface area contributed by atoms with Gasteiger partial charge in [-0.1, -0.05) is 13.3 Å². The Balaban J connectivity index is 2.36. The number of Topliss-reactive ketones (excluding diaryl/α,β-unsaturated/α-hetero) is 1. The number of halogens is 1. The van der Waals surface area contributed by atoms with Crippen molar-refractivity contribution < 1.29 is 18.7 Å². The Bertz CT molecular complexity index is 485. The fraction of sp³-hybridized carbons (Fsp3) is 0.533. The number of benzene rings is 1. The van der Waals surface area contributed by atoms with E-state index in [2.05, 4.69) is 0 Å². The van der Waals surface area contributed by atoms with Crippen LogP contribution in [0.1, 0.15) is 36.5 Å². The zero-order valence-electron chi connectivity index (χ0n) is 11.5. The van der Waals surface area contributed by atoms with Gasteiger partial charge in [-0.05, 0) is 24.8 Å². The molecule has 0 spiro atoms. The highest BCUT2D eigenvalue weighted by Crippen LogP contribution is 2.36. The van der Waals surface area contributed by atoms with E-state index in [-0.39, 0.29) is 17.3 Å². The average Bonchev–Trinajstić information content (AvgIpc) is 2.83. The molecule has 1 saturated carbocycles. The van der Waals surface area contributed by atoms with Crippen LogP contribution >= 0.6 is 0 Å². The lowest BCUT2D eigenvalue weighted by Gasteiger charge is -2.16. The maximum Gasteiger partial charge on any atom is 0.169 e. The predicted octanol–water partition coefficient (Wildman–Crippen LogP) is 3.46. The SMILES string of the molecule is COc1cc(F)c(C(=O)C2CCCC2C)cc1OC. The highest BCUT2D eigenvalue weighted by atomic mass is 19.1. The van der Waals surface area contributed by atoms with Crippen molar-refractivity contribution in [3.8, 4) is 11.5 Å². The third-order valence-electron chi connectivity index (χ3n) is 3.94. The molecular weight excluding hydrogens is 247 g/mol. The summed E-state index contributed by atoms with van der Waals surface area (Å²) in [5.74, 6) is 0.270. The van der Waals surface area contributed by atoms with Gasteiger partial charge in [0.15, 0.2) is 17.3 Å². The highest BCUT2D eigenvalue weighted by molar-refractivity contribution is 5.99. The van der Waals surface area contributed by atoms with Gasteiger partial charge in [-0.25, -0.2) is 4.39 Å². The van der Waals surface area contributed by atoms with Crippen LogP contribution in [0.25, 0.3) is 0 Å².